The second-order valence-corrected chi connectivity index (χ2v) is 10.9. The van der Waals surface area contributed by atoms with E-state index in [2.05, 4.69) is 22.0 Å². The third kappa shape index (κ3) is 5.22. The van der Waals surface area contributed by atoms with Crippen LogP contribution in [0.15, 0.2) is 54.7 Å². The van der Waals surface area contributed by atoms with Crippen molar-refractivity contribution < 1.29 is 14.3 Å². The van der Waals surface area contributed by atoms with Crippen LogP contribution in [0.3, 0.4) is 0 Å². The Bertz CT molecular complexity index is 1310. The molecule has 3 aromatic rings. The summed E-state index contributed by atoms with van der Waals surface area (Å²) in [6.45, 7) is 1.89. The molecule has 2 aromatic carbocycles. The zero-order valence-electron chi connectivity index (χ0n) is 22.0. The molecule has 0 spiro atoms. The quantitative estimate of drug-likeness (QED) is 0.302. The van der Waals surface area contributed by atoms with Gasteiger partial charge in [0.2, 0.25) is 5.88 Å². The second kappa shape index (κ2) is 11.5. The molecule has 0 radical (unpaired) electrons. The molecule has 3 heterocycles. The first-order valence-corrected chi connectivity index (χ1v) is 13.8. The topological polar surface area (TPSA) is 54.9 Å². The minimum Gasteiger partial charge on any atom is -0.497 e. The van der Waals surface area contributed by atoms with Crippen molar-refractivity contribution in [3.63, 3.8) is 0 Å². The molecule has 0 saturated carbocycles. The first-order chi connectivity index (χ1) is 18.4. The summed E-state index contributed by atoms with van der Waals surface area (Å²) in [7, 11) is 5.19. The van der Waals surface area contributed by atoms with Crippen molar-refractivity contribution in [2.45, 2.75) is 43.7 Å². The van der Waals surface area contributed by atoms with E-state index < -0.39 is 0 Å². The molecule has 2 atom stereocenters. The summed E-state index contributed by atoms with van der Waals surface area (Å²) in [5.74, 6) is 1.87. The average molecular weight is 555 g/mol. The van der Waals surface area contributed by atoms with Crippen LogP contribution in [0, 0.1) is 0 Å². The van der Waals surface area contributed by atoms with Crippen molar-refractivity contribution in [1.29, 1.82) is 0 Å². The van der Waals surface area contributed by atoms with E-state index in [9.17, 15) is 4.79 Å². The number of methoxy groups -OCH3 is 2. The predicted octanol–water partition coefficient (Wildman–Crippen LogP) is 6.93. The molecule has 2 aliphatic rings. The van der Waals surface area contributed by atoms with Gasteiger partial charge in [0.1, 0.15) is 5.75 Å². The van der Waals surface area contributed by atoms with E-state index in [-0.39, 0.29) is 18.0 Å². The van der Waals surface area contributed by atoms with E-state index in [1.807, 2.05) is 48.3 Å². The number of halogens is 2. The Hall–Kier alpha value is -2.80. The third-order valence-corrected chi connectivity index (χ3v) is 8.82. The number of hydrogen-bond acceptors (Lipinski definition) is 5. The number of likely N-dealkylation sites (tertiary alicyclic amines) is 1. The zero-order valence-corrected chi connectivity index (χ0v) is 23.5. The molecule has 1 aromatic heterocycles. The highest BCUT2D eigenvalue weighted by Crippen LogP contribution is 2.42. The number of carbonyl (C=O) groups excluding carboxylic acids is 1. The van der Waals surface area contributed by atoms with Gasteiger partial charge in [-0.3, -0.25) is 9.69 Å². The molecule has 0 aliphatic carbocycles. The standard InChI is InChI=1S/C30H33Cl2N3O3/c1-34-28(23-8-7-21(37-2)18-24(23)30(34)36)11-10-27(20-6-9-25(31)26(32)17-20)35-15-12-19(13-16-35)22-5-4-14-33-29(22)38-3/h4-9,14,17-19,27-28H,10-13,15-16H2,1-3H3. The van der Waals surface area contributed by atoms with E-state index in [0.717, 1.165) is 61.3 Å². The molecule has 0 N–H and O–H groups in total. The van der Waals surface area contributed by atoms with Gasteiger partial charge in [-0.15, -0.1) is 0 Å². The lowest BCUT2D eigenvalue weighted by Gasteiger charge is -2.39. The Kier molecular flexibility index (Phi) is 8.12. The number of nitrogens with zero attached hydrogens (tertiary/aromatic N) is 3. The van der Waals surface area contributed by atoms with Gasteiger partial charge in [-0.1, -0.05) is 41.4 Å². The molecule has 1 amide bonds. The number of ether oxygens (including phenoxy) is 2. The fourth-order valence-corrected chi connectivity index (χ4v) is 6.34. The van der Waals surface area contributed by atoms with E-state index in [0.29, 0.717) is 21.7 Å². The van der Waals surface area contributed by atoms with Crippen LogP contribution in [0.25, 0.3) is 0 Å². The largest absolute Gasteiger partial charge is 0.497 e. The molecule has 1 fully saturated rings. The number of fused-ring (bicyclic) bond motifs is 1. The molecular weight excluding hydrogens is 521 g/mol. The monoisotopic (exact) mass is 553 g/mol. The number of amides is 1. The maximum atomic E-state index is 13.0. The first-order valence-electron chi connectivity index (χ1n) is 13.0. The Labute approximate surface area is 234 Å². The van der Waals surface area contributed by atoms with Crippen molar-refractivity contribution in [3.05, 3.63) is 87.0 Å². The number of piperidine rings is 1. The zero-order chi connectivity index (χ0) is 26.8. The minimum atomic E-state index is 0.0193. The lowest BCUT2D eigenvalue weighted by Crippen LogP contribution is -2.37. The van der Waals surface area contributed by atoms with Gasteiger partial charge in [0.05, 0.1) is 30.3 Å². The fraction of sp³-hybridized carbons (Fsp3) is 0.400. The van der Waals surface area contributed by atoms with Crippen LogP contribution in [0.2, 0.25) is 10.0 Å². The van der Waals surface area contributed by atoms with Gasteiger partial charge in [-0.05, 0) is 86.1 Å². The third-order valence-electron chi connectivity index (χ3n) is 8.08. The lowest BCUT2D eigenvalue weighted by atomic mass is 9.87. The molecule has 5 rings (SSSR count). The Morgan fingerprint density at radius 2 is 1.79 bits per heavy atom. The van der Waals surface area contributed by atoms with Crippen LogP contribution >= 0.6 is 23.2 Å². The van der Waals surface area contributed by atoms with Crippen molar-refractivity contribution in [3.8, 4) is 11.6 Å². The smallest absolute Gasteiger partial charge is 0.254 e. The predicted molar refractivity (Wildman–Crippen MR) is 151 cm³/mol. The van der Waals surface area contributed by atoms with Crippen LogP contribution in [-0.2, 0) is 0 Å². The number of pyridine rings is 1. The van der Waals surface area contributed by atoms with Gasteiger partial charge < -0.3 is 14.4 Å². The van der Waals surface area contributed by atoms with Crippen molar-refractivity contribution in [2.24, 2.45) is 0 Å². The molecule has 0 bridgehead atoms. The summed E-state index contributed by atoms with van der Waals surface area (Å²) in [6.07, 6.45) is 5.53. The van der Waals surface area contributed by atoms with Gasteiger partial charge in [0.15, 0.2) is 0 Å². The van der Waals surface area contributed by atoms with Crippen molar-refractivity contribution in [2.75, 3.05) is 34.4 Å². The van der Waals surface area contributed by atoms with E-state index >= 15 is 0 Å². The summed E-state index contributed by atoms with van der Waals surface area (Å²) in [6, 6.07) is 16.1. The van der Waals surface area contributed by atoms with E-state index in [1.165, 1.54) is 5.56 Å². The Balaban J connectivity index is 1.36. The van der Waals surface area contributed by atoms with Crippen LogP contribution < -0.4 is 9.47 Å². The van der Waals surface area contributed by atoms with Gasteiger partial charge in [-0.25, -0.2) is 4.98 Å². The molecule has 38 heavy (non-hydrogen) atoms. The lowest BCUT2D eigenvalue weighted by molar-refractivity contribution is 0.0751. The molecule has 200 valence electrons. The van der Waals surface area contributed by atoms with Gasteiger partial charge >= 0.3 is 0 Å². The normalized spacial score (nSPS) is 18.9. The van der Waals surface area contributed by atoms with Crippen molar-refractivity contribution in [1.82, 2.24) is 14.8 Å². The van der Waals surface area contributed by atoms with Crippen LogP contribution in [0.4, 0.5) is 0 Å². The van der Waals surface area contributed by atoms with Crippen LogP contribution in [0.5, 0.6) is 11.6 Å². The van der Waals surface area contributed by atoms with Gasteiger partial charge in [-0.2, -0.15) is 0 Å². The molecular formula is C30H33Cl2N3O3. The second-order valence-electron chi connectivity index (χ2n) is 10.1. The average Bonchev–Trinajstić information content (AvgIpc) is 3.19. The number of carbonyl (C=O) groups is 1. The number of hydrogen-bond donors (Lipinski definition) is 0. The Morgan fingerprint density at radius 3 is 2.50 bits per heavy atom. The summed E-state index contributed by atoms with van der Waals surface area (Å²) >= 11 is 12.7. The molecule has 1 saturated heterocycles. The summed E-state index contributed by atoms with van der Waals surface area (Å²) < 4.78 is 10.9. The fourth-order valence-electron chi connectivity index (χ4n) is 6.03. The minimum absolute atomic E-state index is 0.0193. The number of aromatic nitrogens is 1. The van der Waals surface area contributed by atoms with Crippen LogP contribution in [0.1, 0.15) is 70.7 Å². The maximum Gasteiger partial charge on any atom is 0.254 e. The summed E-state index contributed by atoms with van der Waals surface area (Å²) in [5, 5.41) is 1.12. The molecule has 2 unspecified atom stereocenters. The van der Waals surface area contributed by atoms with Crippen molar-refractivity contribution >= 4 is 29.1 Å². The maximum absolute atomic E-state index is 13.0. The Morgan fingerprint density at radius 1 is 1.00 bits per heavy atom. The van der Waals surface area contributed by atoms with E-state index in [1.54, 1.807) is 20.4 Å². The van der Waals surface area contributed by atoms with E-state index in [4.69, 9.17) is 32.7 Å². The SMILES string of the molecule is COc1ccc2c(c1)C(=O)N(C)C2CCC(c1ccc(Cl)c(Cl)c1)N1CCC(c2cccnc2OC)CC1. The molecule has 2 aliphatic heterocycles. The number of benzene rings is 2. The highest BCUT2D eigenvalue weighted by Gasteiger charge is 2.36. The molecule has 6 nitrogen and oxygen atoms in total. The van der Waals surface area contributed by atoms with Gasteiger partial charge in [0, 0.05) is 30.4 Å². The summed E-state index contributed by atoms with van der Waals surface area (Å²) in [4.78, 5) is 21.8. The number of rotatable bonds is 8. The highest BCUT2D eigenvalue weighted by atomic mass is 35.5. The molecule has 8 heteroatoms. The highest BCUT2D eigenvalue weighted by molar-refractivity contribution is 6.42. The summed E-state index contributed by atoms with van der Waals surface area (Å²) in [5.41, 5.74) is 4.13. The first kappa shape index (κ1) is 26.8. The van der Waals surface area contributed by atoms with Gasteiger partial charge in [0.25, 0.3) is 5.91 Å². The van der Waals surface area contributed by atoms with Crippen LogP contribution in [-0.4, -0.2) is 55.0 Å².